The van der Waals surface area contributed by atoms with Crippen LogP contribution >= 0.6 is 0 Å². The maximum atomic E-state index is 13.1. The smallest absolute Gasteiger partial charge is 0.159 e. The van der Waals surface area contributed by atoms with Gasteiger partial charge in [0.2, 0.25) is 0 Å². The quantitative estimate of drug-likeness (QED) is 0.877. The summed E-state index contributed by atoms with van der Waals surface area (Å²) in [5.41, 5.74) is 6.79. The van der Waals surface area contributed by atoms with Crippen molar-refractivity contribution in [2.24, 2.45) is 5.73 Å². The molecule has 0 amide bonds. The lowest BCUT2D eigenvalue weighted by molar-refractivity contribution is 0.131. The Balaban J connectivity index is 2.86. The summed E-state index contributed by atoms with van der Waals surface area (Å²) >= 11 is 0. The second-order valence-corrected chi connectivity index (χ2v) is 5.16. The third-order valence-corrected chi connectivity index (χ3v) is 3.98. The van der Waals surface area contributed by atoms with E-state index in [1.807, 2.05) is 14.1 Å². The molecule has 2 unspecified atom stereocenters. The van der Waals surface area contributed by atoms with Crippen molar-refractivity contribution in [3.63, 3.8) is 0 Å². The molecule has 1 aromatic rings. The van der Waals surface area contributed by atoms with Crippen LogP contribution in [0.5, 0.6) is 0 Å². The first-order chi connectivity index (χ1) is 8.31. The van der Waals surface area contributed by atoms with Crippen LogP contribution in [0, 0.1) is 11.6 Å². The highest BCUT2D eigenvalue weighted by Gasteiger charge is 2.32. The monoisotopic (exact) mass is 256 g/mol. The van der Waals surface area contributed by atoms with Crippen molar-refractivity contribution in [2.75, 3.05) is 14.1 Å². The Bertz CT molecular complexity index is 407. The van der Waals surface area contributed by atoms with Gasteiger partial charge in [-0.05, 0) is 51.6 Å². The van der Waals surface area contributed by atoms with E-state index in [0.29, 0.717) is 6.42 Å². The predicted molar refractivity (Wildman–Crippen MR) is 70.4 cm³/mol. The van der Waals surface area contributed by atoms with Crippen LogP contribution in [-0.4, -0.2) is 30.6 Å². The number of likely N-dealkylation sites (N-methyl/N-ethyl adjacent to an activating group) is 1. The van der Waals surface area contributed by atoms with Crippen molar-refractivity contribution in [3.05, 3.63) is 35.4 Å². The highest BCUT2D eigenvalue weighted by atomic mass is 19.2. The van der Waals surface area contributed by atoms with Gasteiger partial charge in [0.05, 0.1) is 0 Å². The average Bonchev–Trinajstić information content (AvgIpc) is 2.32. The fourth-order valence-electron chi connectivity index (χ4n) is 2.05. The maximum Gasteiger partial charge on any atom is 0.159 e. The normalized spacial score (nSPS) is 16.7. The standard InChI is InChI=1S/C14H22F2N2/c1-5-14(2,18(3)4)13(17)9-10-6-7-11(15)12(16)8-10/h6-8,13H,5,9,17H2,1-4H3. The number of rotatable bonds is 5. The second kappa shape index (κ2) is 5.76. The van der Waals surface area contributed by atoms with Gasteiger partial charge in [-0.3, -0.25) is 0 Å². The van der Waals surface area contributed by atoms with Gasteiger partial charge in [-0.25, -0.2) is 8.78 Å². The van der Waals surface area contributed by atoms with Gasteiger partial charge in [0.25, 0.3) is 0 Å². The zero-order chi connectivity index (χ0) is 13.9. The third-order valence-electron chi connectivity index (χ3n) is 3.98. The van der Waals surface area contributed by atoms with E-state index in [9.17, 15) is 8.78 Å². The molecule has 2 N–H and O–H groups in total. The fourth-order valence-corrected chi connectivity index (χ4v) is 2.05. The molecule has 0 fully saturated rings. The number of nitrogens with two attached hydrogens (primary N) is 1. The van der Waals surface area contributed by atoms with Crippen molar-refractivity contribution in [3.8, 4) is 0 Å². The molecule has 0 aliphatic heterocycles. The number of hydrogen-bond acceptors (Lipinski definition) is 2. The van der Waals surface area contributed by atoms with E-state index in [1.165, 1.54) is 6.07 Å². The lowest BCUT2D eigenvalue weighted by atomic mass is 9.85. The van der Waals surface area contributed by atoms with E-state index in [4.69, 9.17) is 5.73 Å². The molecule has 2 atom stereocenters. The molecular weight excluding hydrogens is 234 g/mol. The van der Waals surface area contributed by atoms with E-state index in [1.54, 1.807) is 6.07 Å². The van der Waals surface area contributed by atoms with Crippen molar-refractivity contribution < 1.29 is 8.78 Å². The number of halogens is 2. The summed E-state index contributed by atoms with van der Waals surface area (Å²) in [5.74, 6) is -1.64. The van der Waals surface area contributed by atoms with E-state index < -0.39 is 11.6 Å². The van der Waals surface area contributed by atoms with Gasteiger partial charge in [-0.1, -0.05) is 13.0 Å². The first-order valence-electron chi connectivity index (χ1n) is 6.18. The van der Waals surface area contributed by atoms with Gasteiger partial charge < -0.3 is 10.6 Å². The molecule has 1 aromatic carbocycles. The predicted octanol–water partition coefficient (Wildman–Crippen LogP) is 2.56. The molecule has 0 radical (unpaired) electrons. The van der Waals surface area contributed by atoms with Crippen molar-refractivity contribution in [1.29, 1.82) is 0 Å². The molecule has 0 saturated heterocycles. The molecule has 0 heterocycles. The van der Waals surface area contributed by atoms with E-state index in [0.717, 1.165) is 18.1 Å². The minimum absolute atomic E-state index is 0.137. The number of hydrogen-bond donors (Lipinski definition) is 1. The van der Waals surface area contributed by atoms with Gasteiger partial charge in [0, 0.05) is 11.6 Å². The van der Waals surface area contributed by atoms with Crippen molar-refractivity contribution in [1.82, 2.24) is 4.90 Å². The Morgan fingerprint density at radius 3 is 2.33 bits per heavy atom. The Morgan fingerprint density at radius 1 is 1.28 bits per heavy atom. The Kier molecular flexibility index (Phi) is 4.82. The fraction of sp³-hybridized carbons (Fsp3) is 0.571. The topological polar surface area (TPSA) is 29.3 Å². The average molecular weight is 256 g/mol. The molecule has 4 heteroatoms. The van der Waals surface area contributed by atoms with Gasteiger partial charge in [-0.2, -0.15) is 0 Å². The maximum absolute atomic E-state index is 13.1. The van der Waals surface area contributed by atoms with Crippen molar-refractivity contribution in [2.45, 2.75) is 38.3 Å². The highest BCUT2D eigenvalue weighted by Crippen LogP contribution is 2.22. The lowest BCUT2D eigenvalue weighted by Gasteiger charge is -2.41. The Hall–Kier alpha value is -1.00. The molecule has 102 valence electrons. The summed E-state index contributed by atoms with van der Waals surface area (Å²) in [6.45, 7) is 4.16. The summed E-state index contributed by atoms with van der Waals surface area (Å²) in [6, 6.07) is 3.82. The van der Waals surface area contributed by atoms with Crippen LogP contribution in [0.2, 0.25) is 0 Å². The summed E-state index contributed by atoms with van der Waals surface area (Å²) in [5, 5.41) is 0. The van der Waals surface area contributed by atoms with Crippen LogP contribution in [0.25, 0.3) is 0 Å². The first kappa shape index (κ1) is 15.1. The molecule has 0 aromatic heterocycles. The zero-order valence-corrected chi connectivity index (χ0v) is 11.5. The number of benzene rings is 1. The summed E-state index contributed by atoms with van der Waals surface area (Å²) in [7, 11) is 3.96. The Labute approximate surface area is 108 Å². The number of nitrogens with zero attached hydrogens (tertiary/aromatic N) is 1. The summed E-state index contributed by atoms with van der Waals surface area (Å²) in [6.07, 6.45) is 1.42. The first-order valence-corrected chi connectivity index (χ1v) is 6.18. The molecule has 1 rings (SSSR count). The van der Waals surface area contributed by atoms with Crippen LogP contribution < -0.4 is 5.73 Å². The summed E-state index contributed by atoms with van der Waals surface area (Å²) < 4.78 is 26.0. The molecule has 0 saturated carbocycles. The lowest BCUT2D eigenvalue weighted by Crippen LogP contribution is -2.55. The molecule has 0 spiro atoms. The Morgan fingerprint density at radius 2 is 1.89 bits per heavy atom. The minimum Gasteiger partial charge on any atom is -0.326 e. The van der Waals surface area contributed by atoms with Gasteiger partial charge in [-0.15, -0.1) is 0 Å². The molecule has 0 aliphatic rings. The summed E-state index contributed by atoms with van der Waals surface area (Å²) in [4.78, 5) is 2.08. The van der Waals surface area contributed by atoms with Gasteiger partial charge in [0.1, 0.15) is 0 Å². The van der Waals surface area contributed by atoms with Crippen LogP contribution in [0.4, 0.5) is 8.78 Å². The van der Waals surface area contributed by atoms with E-state index >= 15 is 0 Å². The highest BCUT2D eigenvalue weighted by molar-refractivity contribution is 5.19. The van der Waals surface area contributed by atoms with E-state index in [-0.39, 0.29) is 11.6 Å². The largest absolute Gasteiger partial charge is 0.326 e. The van der Waals surface area contributed by atoms with Gasteiger partial charge >= 0.3 is 0 Å². The molecular formula is C14H22F2N2. The SMILES string of the molecule is CCC(C)(C(N)Cc1ccc(F)c(F)c1)N(C)C. The van der Waals surface area contributed by atoms with Crippen LogP contribution in [0.3, 0.4) is 0 Å². The molecule has 0 bridgehead atoms. The minimum atomic E-state index is -0.821. The molecule has 0 aliphatic carbocycles. The third kappa shape index (κ3) is 3.06. The van der Waals surface area contributed by atoms with Gasteiger partial charge in [0.15, 0.2) is 11.6 Å². The van der Waals surface area contributed by atoms with Crippen LogP contribution in [0.1, 0.15) is 25.8 Å². The van der Waals surface area contributed by atoms with Crippen LogP contribution in [0.15, 0.2) is 18.2 Å². The molecule has 18 heavy (non-hydrogen) atoms. The van der Waals surface area contributed by atoms with Crippen LogP contribution in [-0.2, 0) is 6.42 Å². The zero-order valence-electron chi connectivity index (χ0n) is 11.5. The second-order valence-electron chi connectivity index (χ2n) is 5.16. The van der Waals surface area contributed by atoms with E-state index in [2.05, 4.69) is 18.7 Å². The van der Waals surface area contributed by atoms with Crippen molar-refractivity contribution >= 4 is 0 Å². The molecule has 2 nitrogen and oxygen atoms in total.